The summed E-state index contributed by atoms with van der Waals surface area (Å²) in [7, 11) is 0. The Labute approximate surface area is 123 Å². The highest BCUT2D eigenvalue weighted by Crippen LogP contribution is 2.36. The van der Waals surface area contributed by atoms with Crippen LogP contribution in [0, 0.1) is 0 Å². The molecule has 1 N–H and O–H groups in total. The maximum atomic E-state index is 10.3. The van der Waals surface area contributed by atoms with Crippen LogP contribution in [0.1, 0.15) is 25.7 Å². The molecule has 2 aromatic rings. The minimum absolute atomic E-state index is 0.330. The largest absolute Gasteiger partial charge is 0.390 e. The Morgan fingerprint density at radius 3 is 2.90 bits per heavy atom. The van der Waals surface area contributed by atoms with E-state index >= 15 is 0 Å². The molecule has 2 aliphatic heterocycles. The monoisotopic (exact) mass is 288 g/mol. The lowest BCUT2D eigenvalue weighted by Gasteiger charge is -2.46. The van der Waals surface area contributed by atoms with Crippen molar-refractivity contribution in [3.05, 3.63) is 24.4 Å². The van der Waals surface area contributed by atoms with Crippen LogP contribution in [0.3, 0.4) is 0 Å². The minimum atomic E-state index is -0.338. The van der Waals surface area contributed by atoms with Crippen molar-refractivity contribution >= 4 is 11.6 Å². The Morgan fingerprint density at radius 1 is 1.24 bits per heavy atom. The highest BCUT2D eigenvalue weighted by atomic mass is 16.5. The van der Waals surface area contributed by atoms with Crippen molar-refractivity contribution in [1.82, 2.24) is 14.6 Å². The van der Waals surface area contributed by atoms with Crippen LogP contribution in [0.2, 0.25) is 0 Å². The van der Waals surface area contributed by atoms with E-state index in [0.29, 0.717) is 0 Å². The third kappa shape index (κ3) is 2.10. The molecule has 0 aromatic carbocycles. The zero-order valence-corrected chi connectivity index (χ0v) is 12.0. The van der Waals surface area contributed by atoms with Gasteiger partial charge in [-0.05, 0) is 37.8 Å². The van der Waals surface area contributed by atoms with E-state index in [2.05, 4.69) is 15.1 Å². The van der Waals surface area contributed by atoms with Gasteiger partial charge in [-0.3, -0.25) is 4.40 Å². The number of aromatic nitrogens is 3. The molecule has 0 radical (unpaired) electrons. The molecule has 0 aliphatic carbocycles. The summed E-state index contributed by atoms with van der Waals surface area (Å²) in [4.78, 5) is 2.23. The Hall–Kier alpha value is -1.66. The van der Waals surface area contributed by atoms with Gasteiger partial charge in [0.15, 0.2) is 5.65 Å². The number of aliphatic hydroxyl groups is 1. The number of rotatable bonds is 1. The van der Waals surface area contributed by atoms with Crippen molar-refractivity contribution in [2.45, 2.75) is 37.4 Å². The summed E-state index contributed by atoms with van der Waals surface area (Å²) in [5.74, 6) is 0.880. The molecule has 2 aromatic heterocycles. The van der Waals surface area contributed by atoms with Gasteiger partial charge in [-0.15, -0.1) is 10.2 Å². The zero-order valence-electron chi connectivity index (χ0n) is 12.0. The average Bonchev–Trinajstić information content (AvgIpc) is 2.95. The number of aliphatic hydroxyl groups excluding tert-OH is 1. The smallest absolute Gasteiger partial charge is 0.231 e. The number of piperidine rings is 1. The molecule has 112 valence electrons. The van der Waals surface area contributed by atoms with Crippen molar-refractivity contribution in [2.75, 3.05) is 24.6 Å². The molecule has 6 nitrogen and oxygen atoms in total. The zero-order chi connectivity index (χ0) is 14.3. The third-order valence-electron chi connectivity index (χ3n) is 4.81. The fourth-order valence-corrected chi connectivity index (χ4v) is 3.52. The predicted octanol–water partition coefficient (Wildman–Crippen LogP) is 1.24. The van der Waals surface area contributed by atoms with Crippen molar-refractivity contribution in [3.8, 4) is 0 Å². The van der Waals surface area contributed by atoms with Gasteiger partial charge in [0.25, 0.3) is 0 Å². The van der Waals surface area contributed by atoms with E-state index in [1.54, 1.807) is 0 Å². The summed E-state index contributed by atoms with van der Waals surface area (Å²) < 4.78 is 7.96. The summed E-state index contributed by atoms with van der Waals surface area (Å²) >= 11 is 0. The lowest BCUT2D eigenvalue weighted by molar-refractivity contribution is -0.164. The fraction of sp³-hybridized carbons (Fsp3) is 0.600. The van der Waals surface area contributed by atoms with E-state index in [4.69, 9.17) is 4.74 Å². The molecule has 2 saturated heterocycles. The topological polar surface area (TPSA) is 62.9 Å². The second-order valence-corrected chi connectivity index (χ2v) is 5.99. The van der Waals surface area contributed by atoms with Crippen molar-refractivity contribution in [2.24, 2.45) is 0 Å². The number of fused-ring (bicyclic) bond motifs is 1. The Balaban J connectivity index is 1.55. The van der Waals surface area contributed by atoms with Gasteiger partial charge in [-0.25, -0.2) is 0 Å². The van der Waals surface area contributed by atoms with Crippen molar-refractivity contribution in [3.63, 3.8) is 0 Å². The molecule has 4 rings (SSSR count). The second kappa shape index (κ2) is 4.96. The molecule has 21 heavy (non-hydrogen) atoms. The standard InChI is InChI=1S/C15H20N4O2/c20-12-4-3-11-21-15(12)6-9-18(10-7-15)14-17-16-13-5-1-2-8-19(13)14/h1-2,5,8,12,20H,3-4,6-7,9-11H2/t12-/m0/s1. The maximum Gasteiger partial charge on any atom is 0.231 e. The molecule has 0 bridgehead atoms. The first-order chi connectivity index (χ1) is 10.3. The number of pyridine rings is 1. The van der Waals surface area contributed by atoms with E-state index in [-0.39, 0.29) is 11.7 Å². The van der Waals surface area contributed by atoms with E-state index in [1.807, 2.05) is 28.8 Å². The van der Waals surface area contributed by atoms with Crippen LogP contribution in [0.4, 0.5) is 5.95 Å². The summed E-state index contributed by atoms with van der Waals surface area (Å²) in [5, 5.41) is 18.8. The van der Waals surface area contributed by atoms with E-state index in [9.17, 15) is 5.11 Å². The maximum absolute atomic E-state index is 10.3. The molecular weight excluding hydrogens is 268 g/mol. The van der Waals surface area contributed by atoms with Crippen LogP contribution in [0.5, 0.6) is 0 Å². The van der Waals surface area contributed by atoms with Crippen LogP contribution in [-0.4, -0.2) is 51.1 Å². The third-order valence-corrected chi connectivity index (χ3v) is 4.81. The molecular formula is C15H20N4O2. The van der Waals surface area contributed by atoms with Crippen LogP contribution in [-0.2, 0) is 4.74 Å². The first kappa shape index (κ1) is 13.0. The van der Waals surface area contributed by atoms with Gasteiger partial charge in [0.1, 0.15) is 0 Å². The summed E-state index contributed by atoms with van der Waals surface area (Å²) in [5.41, 5.74) is 0.525. The predicted molar refractivity (Wildman–Crippen MR) is 78.4 cm³/mol. The van der Waals surface area contributed by atoms with Gasteiger partial charge in [0.05, 0.1) is 11.7 Å². The number of ether oxygens (including phenoxy) is 1. The number of hydrogen-bond donors (Lipinski definition) is 1. The lowest BCUT2D eigenvalue weighted by Crippen LogP contribution is -2.55. The van der Waals surface area contributed by atoms with E-state index in [1.165, 1.54) is 0 Å². The van der Waals surface area contributed by atoms with Gasteiger partial charge < -0.3 is 14.7 Å². The van der Waals surface area contributed by atoms with Gasteiger partial charge >= 0.3 is 0 Å². The Bertz CT molecular complexity index is 633. The molecule has 0 saturated carbocycles. The molecule has 4 heterocycles. The van der Waals surface area contributed by atoms with Crippen LogP contribution < -0.4 is 4.90 Å². The summed E-state index contributed by atoms with van der Waals surface area (Å²) in [6.45, 7) is 2.45. The SMILES string of the molecule is O[C@H]1CCCOC12CCN(c1nnc3ccccn13)CC2. The Morgan fingerprint density at radius 2 is 2.10 bits per heavy atom. The number of nitrogens with zero attached hydrogens (tertiary/aromatic N) is 4. The summed E-state index contributed by atoms with van der Waals surface area (Å²) in [6.07, 6.45) is 5.16. The molecule has 2 fully saturated rings. The quantitative estimate of drug-likeness (QED) is 0.855. The van der Waals surface area contributed by atoms with E-state index in [0.717, 1.165) is 57.0 Å². The average molecular weight is 288 g/mol. The van der Waals surface area contributed by atoms with Crippen molar-refractivity contribution < 1.29 is 9.84 Å². The second-order valence-electron chi connectivity index (χ2n) is 5.99. The lowest BCUT2D eigenvalue weighted by atomic mass is 9.82. The van der Waals surface area contributed by atoms with Gasteiger partial charge in [-0.1, -0.05) is 6.07 Å². The van der Waals surface area contributed by atoms with E-state index < -0.39 is 0 Å². The molecule has 1 atom stereocenters. The fourth-order valence-electron chi connectivity index (χ4n) is 3.52. The first-order valence-electron chi connectivity index (χ1n) is 7.65. The summed E-state index contributed by atoms with van der Waals surface area (Å²) in [6, 6.07) is 5.90. The van der Waals surface area contributed by atoms with Crippen LogP contribution in [0.25, 0.3) is 5.65 Å². The molecule has 6 heteroatoms. The highest BCUT2D eigenvalue weighted by Gasteiger charge is 2.44. The van der Waals surface area contributed by atoms with Crippen LogP contribution in [0.15, 0.2) is 24.4 Å². The van der Waals surface area contributed by atoms with Gasteiger partial charge in [0, 0.05) is 25.9 Å². The molecule has 1 spiro atoms. The minimum Gasteiger partial charge on any atom is -0.390 e. The first-order valence-corrected chi connectivity index (χ1v) is 7.65. The van der Waals surface area contributed by atoms with Crippen molar-refractivity contribution in [1.29, 1.82) is 0 Å². The van der Waals surface area contributed by atoms with Gasteiger partial charge in [0.2, 0.25) is 5.95 Å². The normalized spacial score (nSPS) is 25.6. The molecule has 2 aliphatic rings. The molecule has 0 amide bonds. The van der Waals surface area contributed by atoms with Gasteiger partial charge in [-0.2, -0.15) is 0 Å². The number of hydrogen-bond acceptors (Lipinski definition) is 5. The molecule has 0 unspecified atom stereocenters. The van der Waals surface area contributed by atoms with Crippen LogP contribution >= 0.6 is 0 Å². The number of anilines is 1. The Kier molecular flexibility index (Phi) is 3.08. The highest BCUT2D eigenvalue weighted by molar-refractivity contribution is 5.46.